The largest absolute Gasteiger partial charge is 0.387 e. The van der Waals surface area contributed by atoms with E-state index in [0.29, 0.717) is 30.4 Å². The van der Waals surface area contributed by atoms with Crippen molar-refractivity contribution in [3.8, 4) is 0 Å². The molecule has 0 saturated heterocycles. The average Bonchev–Trinajstić information content (AvgIpc) is 3.04. The molecule has 2 unspecified atom stereocenters. The molecule has 0 heterocycles. The second-order valence-corrected chi connectivity index (χ2v) is 16.5. The van der Waals surface area contributed by atoms with E-state index in [1.165, 1.54) is 167 Å². The minimum atomic E-state index is -0.706. The SMILES string of the molecule is CCCCCCCCCCCCCCCCCC(=O)CC(O)C[N+](C)(C)CC(O)CC(=O)CCCCCCCCCCCCCCCCC. The number of aliphatic hydroxyl groups is 2. The molecular weight excluding hydrogens is 606 g/mol. The van der Waals surface area contributed by atoms with E-state index in [9.17, 15) is 19.8 Å². The van der Waals surface area contributed by atoms with Gasteiger partial charge >= 0.3 is 0 Å². The Morgan fingerprint density at radius 3 is 0.816 bits per heavy atom. The van der Waals surface area contributed by atoms with Gasteiger partial charge in [-0.3, -0.25) is 9.59 Å². The summed E-state index contributed by atoms with van der Waals surface area (Å²) in [6.07, 6.45) is 39.4. The van der Waals surface area contributed by atoms with Crippen LogP contribution in [0.1, 0.15) is 232 Å². The number of hydrogen-bond donors (Lipinski definition) is 2. The van der Waals surface area contributed by atoms with Crippen molar-refractivity contribution in [1.82, 2.24) is 0 Å². The number of quaternary nitrogens is 1. The molecule has 0 amide bonds. The lowest BCUT2D eigenvalue weighted by Crippen LogP contribution is -2.50. The first-order chi connectivity index (χ1) is 23.7. The van der Waals surface area contributed by atoms with Gasteiger partial charge in [0, 0.05) is 25.7 Å². The normalized spacial score (nSPS) is 13.2. The lowest BCUT2D eigenvalue weighted by molar-refractivity contribution is -0.896. The van der Waals surface area contributed by atoms with Gasteiger partial charge in [-0.05, 0) is 12.8 Å². The van der Waals surface area contributed by atoms with Crippen LogP contribution in [0.25, 0.3) is 0 Å². The summed E-state index contributed by atoms with van der Waals surface area (Å²) in [5.41, 5.74) is 0. The molecule has 2 atom stereocenters. The molecule has 5 nitrogen and oxygen atoms in total. The lowest BCUT2D eigenvalue weighted by Gasteiger charge is -2.33. The van der Waals surface area contributed by atoms with Crippen molar-refractivity contribution in [3.05, 3.63) is 0 Å². The molecule has 0 aliphatic heterocycles. The van der Waals surface area contributed by atoms with Crippen LogP contribution in [0.5, 0.6) is 0 Å². The Kier molecular flexibility index (Phi) is 35.0. The van der Waals surface area contributed by atoms with Crippen LogP contribution in [0.2, 0.25) is 0 Å². The van der Waals surface area contributed by atoms with E-state index in [0.717, 1.165) is 25.7 Å². The van der Waals surface area contributed by atoms with Crippen molar-refractivity contribution >= 4 is 11.6 Å². The van der Waals surface area contributed by atoms with E-state index < -0.39 is 12.2 Å². The molecule has 0 radical (unpaired) electrons. The fraction of sp³-hybridized carbons (Fsp3) is 0.955. The predicted octanol–water partition coefficient (Wildman–Crippen LogP) is 12.2. The van der Waals surface area contributed by atoms with Crippen LogP contribution >= 0.6 is 0 Å². The van der Waals surface area contributed by atoms with Gasteiger partial charge in [0.15, 0.2) is 0 Å². The summed E-state index contributed by atoms with van der Waals surface area (Å²) >= 11 is 0. The van der Waals surface area contributed by atoms with Gasteiger partial charge in [0.05, 0.1) is 14.1 Å². The number of ketones is 2. The lowest BCUT2D eigenvalue weighted by atomic mass is 10.0. The van der Waals surface area contributed by atoms with Gasteiger partial charge in [0.25, 0.3) is 0 Å². The standard InChI is InChI=1S/C44H88NO4/c1-5-7-9-11-13-15-17-19-21-23-25-27-29-31-33-35-41(46)37-43(48)39-45(3,4)40-44(49)38-42(47)36-34-32-30-28-26-24-22-20-18-16-14-12-10-8-6-2/h43-44,48-49H,5-40H2,1-4H3/q+1. The third-order valence-corrected chi connectivity index (χ3v) is 10.5. The Morgan fingerprint density at radius 1 is 0.388 bits per heavy atom. The molecule has 0 bridgehead atoms. The van der Waals surface area contributed by atoms with Crippen LogP contribution in [0.15, 0.2) is 0 Å². The second-order valence-electron chi connectivity index (χ2n) is 16.5. The van der Waals surface area contributed by atoms with Crippen molar-refractivity contribution in [2.45, 2.75) is 244 Å². The molecule has 0 saturated carbocycles. The first kappa shape index (κ1) is 48.2. The zero-order valence-electron chi connectivity index (χ0n) is 33.8. The summed E-state index contributed by atoms with van der Waals surface area (Å²) in [7, 11) is 3.93. The molecule has 2 N–H and O–H groups in total. The Bertz CT molecular complexity index is 666. The Morgan fingerprint density at radius 2 is 0.592 bits per heavy atom. The smallest absolute Gasteiger partial charge is 0.135 e. The molecule has 0 aromatic rings. The van der Waals surface area contributed by atoms with Crippen LogP contribution in [-0.2, 0) is 9.59 Å². The topological polar surface area (TPSA) is 74.6 Å². The van der Waals surface area contributed by atoms with Crippen molar-refractivity contribution in [3.63, 3.8) is 0 Å². The van der Waals surface area contributed by atoms with E-state index in [2.05, 4.69) is 13.8 Å². The van der Waals surface area contributed by atoms with E-state index in [4.69, 9.17) is 0 Å². The van der Waals surface area contributed by atoms with Gasteiger partial charge < -0.3 is 14.7 Å². The number of rotatable bonds is 40. The summed E-state index contributed by atoms with van der Waals surface area (Å²) in [4.78, 5) is 24.9. The summed E-state index contributed by atoms with van der Waals surface area (Å²) in [5.74, 6) is 0.280. The number of hydrogen-bond acceptors (Lipinski definition) is 4. The van der Waals surface area contributed by atoms with Gasteiger partial charge in [-0.2, -0.15) is 0 Å². The zero-order chi connectivity index (χ0) is 36.3. The molecule has 5 heteroatoms. The molecule has 0 aromatic heterocycles. The molecule has 0 aliphatic rings. The number of carbonyl (C=O) groups is 2. The summed E-state index contributed by atoms with van der Waals surface area (Å²) in [5, 5.41) is 21.2. The minimum Gasteiger partial charge on any atom is -0.387 e. The number of Topliss-reactive ketones (excluding diaryl/α,β-unsaturated/α-hetero) is 2. The van der Waals surface area contributed by atoms with Crippen molar-refractivity contribution in [2.75, 3.05) is 27.2 Å². The monoisotopic (exact) mass is 695 g/mol. The highest BCUT2D eigenvalue weighted by Gasteiger charge is 2.26. The Labute approximate surface area is 306 Å². The molecule has 0 rings (SSSR count). The van der Waals surface area contributed by atoms with Crippen LogP contribution in [0, 0.1) is 0 Å². The summed E-state index contributed by atoms with van der Waals surface area (Å²) < 4.78 is 0.404. The number of unbranched alkanes of at least 4 members (excludes halogenated alkanes) is 28. The van der Waals surface area contributed by atoms with E-state index >= 15 is 0 Å². The summed E-state index contributed by atoms with van der Waals surface area (Å²) in [6.45, 7) is 5.37. The second kappa shape index (κ2) is 35.6. The third kappa shape index (κ3) is 36.8. The number of aliphatic hydroxyl groups excluding tert-OH is 2. The van der Waals surface area contributed by atoms with Crippen LogP contribution in [0.3, 0.4) is 0 Å². The fourth-order valence-corrected chi connectivity index (χ4v) is 7.46. The Balaban J connectivity index is 3.71. The van der Waals surface area contributed by atoms with E-state index in [1.807, 2.05) is 14.1 Å². The minimum absolute atomic E-state index is 0.140. The first-order valence-corrected chi connectivity index (χ1v) is 21.9. The number of likely N-dealkylation sites (N-methyl/N-ethyl adjacent to an activating group) is 1. The van der Waals surface area contributed by atoms with Gasteiger partial charge in [-0.15, -0.1) is 0 Å². The first-order valence-electron chi connectivity index (χ1n) is 21.9. The van der Waals surface area contributed by atoms with Crippen LogP contribution in [-0.4, -0.2) is 65.7 Å². The molecule has 49 heavy (non-hydrogen) atoms. The fourth-order valence-electron chi connectivity index (χ4n) is 7.46. The number of carbonyl (C=O) groups excluding carboxylic acids is 2. The molecule has 0 aliphatic carbocycles. The average molecular weight is 695 g/mol. The predicted molar refractivity (Wildman–Crippen MR) is 212 cm³/mol. The highest BCUT2D eigenvalue weighted by atomic mass is 16.3. The van der Waals surface area contributed by atoms with Crippen molar-refractivity contribution in [1.29, 1.82) is 0 Å². The highest BCUT2D eigenvalue weighted by molar-refractivity contribution is 5.79. The highest BCUT2D eigenvalue weighted by Crippen LogP contribution is 2.17. The molecule has 0 aromatic carbocycles. The molecular formula is C44H88NO4+. The van der Waals surface area contributed by atoms with Gasteiger partial charge in [-0.25, -0.2) is 0 Å². The van der Waals surface area contributed by atoms with Crippen LogP contribution in [0.4, 0.5) is 0 Å². The van der Waals surface area contributed by atoms with Gasteiger partial charge in [0.1, 0.15) is 36.9 Å². The number of nitrogens with zero attached hydrogens (tertiary/aromatic N) is 1. The maximum absolute atomic E-state index is 12.5. The van der Waals surface area contributed by atoms with Gasteiger partial charge in [-0.1, -0.05) is 194 Å². The molecule has 0 spiro atoms. The van der Waals surface area contributed by atoms with Crippen molar-refractivity contribution < 1.29 is 24.3 Å². The zero-order valence-corrected chi connectivity index (χ0v) is 33.8. The summed E-state index contributed by atoms with van der Waals surface area (Å²) in [6, 6.07) is 0. The van der Waals surface area contributed by atoms with Gasteiger partial charge in [0.2, 0.25) is 0 Å². The van der Waals surface area contributed by atoms with Crippen LogP contribution < -0.4 is 0 Å². The molecule has 0 fully saturated rings. The van der Waals surface area contributed by atoms with E-state index in [-0.39, 0.29) is 24.4 Å². The quantitative estimate of drug-likeness (QED) is 0.0494. The maximum atomic E-state index is 12.5. The third-order valence-electron chi connectivity index (χ3n) is 10.5. The Hall–Kier alpha value is -0.780. The van der Waals surface area contributed by atoms with E-state index in [1.54, 1.807) is 0 Å². The molecule has 292 valence electrons. The maximum Gasteiger partial charge on any atom is 0.135 e. The van der Waals surface area contributed by atoms with Crippen molar-refractivity contribution in [2.24, 2.45) is 0 Å².